The molecule has 0 aromatic carbocycles. The Morgan fingerprint density at radius 1 is 1.33 bits per heavy atom. The minimum absolute atomic E-state index is 0.814. The van der Waals surface area contributed by atoms with Crippen LogP contribution in [0.15, 0.2) is 18.3 Å². The van der Waals surface area contributed by atoms with Gasteiger partial charge in [0.2, 0.25) is 0 Å². The number of rotatable bonds is 2. The summed E-state index contributed by atoms with van der Waals surface area (Å²) in [6.45, 7) is 6.90. The van der Waals surface area contributed by atoms with E-state index in [4.69, 9.17) is 0 Å². The molecule has 0 amide bonds. The fourth-order valence-electron chi connectivity index (χ4n) is 2.26. The summed E-state index contributed by atoms with van der Waals surface area (Å²) >= 11 is 0. The van der Waals surface area contributed by atoms with E-state index in [-0.39, 0.29) is 0 Å². The molecule has 0 bridgehead atoms. The van der Waals surface area contributed by atoms with Gasteiger partial charge in [-0.25, -0.2) is 0 Å². The molecule has 0 atom stereocenters. The van der Waals surface area contributed by atoms with Gasteiger partial charge in [0.05, 0.1) is 0 Å². The normalized spacial score (nSPS) is 18.5. The van der Waals surface area contributed by atoms with Crippen molar-refractivity contribution in [1.82, 2.24) is 10.2 Å². The van der Waals surface area contributed by atoms with E-state index in [0.29, 0.717) is 0 Å². The van der Waals surface area contributed by atoms with Gasteiger partial charge in [-0.05, 0) is 36.8 Å². The molecular formula is C12H19N3. The number of anilines is 1. The van der Waals surface area contributed by atoms with Gasteiger partial charge in [0.1, 0.15) is 0 Å². The van der Waals surface area contributed by atoms with E-state index in [0.717, 1.165) is 30.7 Å². The molecule has 3 nitrogen and oxygen atoms in total. The molecule has 0 radical (unpaired) electrons. The van der Waals surface area contributed by atoms with E-state index in [1.54, 1.807) is 6.20 Å². The van der Waals surface area contributed by atoms with Crippen LogP contribution in [0.5, 0.6) is 0 Å². The zero-order valence-corrected chi connectivity index (χ0v) is 9.56. The van der Waals surface area contributed by atoms with E-state index in [1.165, 1.54) is 12.8 Å². The summed E-state index contributed by atoms with van der Waals surface area (Å²) in [6.07, 6.45) is 4.30. The molecule has 1 aromatic rings. The minimum Gasteiger partial charge on any atom is -0.355 e. The van der Waals surface area contributed by atoms with Gasteiger partial charge in [-0.3, -0.25) is 0 Å². The van der Waals surface area contributed by atoms with Crippen LogP contribution < -0.4 is 4.90 Å². The quantitative estimate of drug-likeness (QED) is 0.742. The molecule has 15 heavy (non-hydrogen) atoms. The van der Waals surface area contributed by atoms with Crippen molar-refractivity contribution in [2.24, 2.45) is 11.8 Å². The summed E-state index contributed by atoms with van der Waals surface area (Å²) in [5.74, 6) is 2.73. The van der Waals surface area contributed by atoms with Gasteiger partial charge in [-0.2, -0.15) is 5.10 Å². The molecular weight excluding hydrogens is 186 g/mol. The van der Waals surface area contributed by atoms with Crippen molar-refractivity contribution in [2.75, 3.05) is 18.0 Å². The van der Waals surface area contributed by atoms with Crippen LogP contribution in [0.1, 0.15) is 26.7 Å². The molecule has 2 heterocycles. The van der Waals surface area contributed by atoms with Crippen molar-refractivity contribution < 1.29 is 0 Å². The van der Waals surface area contributed by atoms with Gasteiger partial charge >= 0.3 is 0 Å². The van der Waals surface area contributed by atoms with Gasteiger partial charge in [-0.1, -0.05) is 13.8 Å². The lowest BCUT2D eigenvalue weighted by atomic mass is 9.87. The first-order valence-electron chi connectivity index (χ1n) is 5.80. The second kappa shape index (κ2) is 4.60. The Morgan fingerprint density at radius 3 is 2.60 bits per heavy atom. The van der Waals surface area contributed by atoms with E-state index >= 15 is 0 Å². The number of hydrogen-bond acceptors (Lipinski definition) is 3. The molecule has 2 rings (SSSR count). The molecule has 1 aliphatic rings. The predicted octanol–water partition coefficient (Wildman–Crippen LogP) is 2.35. The zero-order valence-electron chi connectivity index (χ0n) is 9.56. The lowest BCUT2D eigenvalue weighted by molar-refractivity contribution is 0.310. The number of hydrogen-bond donors (Lipinski definition) is 0. The molecule has 0 N–H and O–H groups in total. The van der Waals surface area contributed by atoms with Gasteiger partial charge in [-0.15, -0.1) is 5.10 Å². The van der Waals surface area contributed by atoms with E-state index in [9.17, 15) is 0 Å². The Labute approximate surface area is 91.5 Å². The van der Waals surface area contributed by atoms with E-state index in [2.05, 4.69) is 28.9 Å². The summed E-state index contributed by atoms with van der Waals surface area (Å²) < 4.78 is 0. The molecule has 1 saturated heterocycles. The van der Waals surface area contributed by atoms with Crippen molar-refractivity contribution in [3.05, 3.63) is 18.3 Å². The number of aromatic nitrogens is 2. The molecule has 0 spiro atoms. The number of nitrogens with zero attached hydrogens (tertiary/aromatic N) is 3. The zero-order chi connectivity index (χ0) is 10.7. The lowest BCUT2D eigenvalue weighted by Crippen LogP contribution is -2.35. The highest BCUT2D eigenvalue weighted by Gasteiger charge is 2.22. The predicted molar refractivity (Wildman–Crippen MR) is 61.8 cm³/mol. The second-order valence-corrected chi connectivity index (χ2v) is 4.65. The Balaban J connectivity index is 1.94. The van der Waals surface area contributed by atoms with Gasteiger partial charge in [0.25, 0.3) is 0 Å². The second-order valence-electron chi connectivity index (χ2n) is 4.65. The maximum absolute atomic E-state index is 4.15. The first kappa shape index (κ1) is 10.4. The summed E-state index contributed by atoms with van der Waals surface area (Å²) in [6, 6.07) is 4.00. The van der Waals surface area contributed by atoms with Crippen LogP contribution in [0.3, 0.4) is 0 Å². The fraction of sp³-hybridized carbons (Fsp3) is 0.667. The molecule has 0 aliphatic carbocycles. The van der Waals surface area contributed by atoms with Crippen LogP contribution in [-0.4, -0.2) is 23.3 Å². The Kier molecular flexibility index (Phi) is 3.19. The van der Waals surface area contributed by atoms with Crippen LogP contribution in [0.4, 0.5) is 5.82 Å². The highest BCUT2D eigenvalue weighted by atomic mass is 15.3. The molecule has 0 saturated carbocycles. The van der Waals surface area contributed by atoms with Crippen LogP contribution in [-0.2, 0) is 0 Å². The van der Waals surface area contributed by atoms with E-state index in [1.807, 2.05) is 12.1 Å². The Morgan fingerprint density at radius 2 is 2.07 bits per heavy atom. The van der Waals surface area contributed by atoms with Crippen LogP contribution in [0.25, 0.3) is 0 Å². The third kappa shape index (κ3) is 2.46. The van der Waals surface area contributed by atoms with Gasteiger partial charge < -0.3 is 4.90 Å². The van der Waals surface area contributed by atoms with Crippen molar-refractivity contribution in [3.8, 4) is 0 Å². The molecule has 0 unspecified atom stereocenters. The SMILES string of the molecule is CC(C)C1CCN(c2cccnn2)CC1. The molecule has 1 aromatic heterocycles. The Bertz CT molecular complexity index is 289. The first-order chi connectivity index (χ1) is 7.27. The first-order valence-corrected chi connectivity index (χ1v) is 5.80. The van der Waals surface area contributed by atoms with Crippen LogP contribution in [0.2, 0.25) is 0 Å². The third-order valence-corrected chi connectivity index (χ3v) is 3.36. The summed E-state index contributed by atoms with van der Waals surface area (Å²) in [4.78, 5) is 2.34. The average Bonchev–Trinajstić information content (AvgIpc) is 2.30. The monoisotopic (exact) mass is 205 g/mol. The van der Waals surface area contributed by atoms with Crippen molar-refractivity contribution in [2.45, 2.75) is 26.7 Å². The standard InChI is InChI=1S/C12H19N3/c1-10(2)11-5-8-15(9-6-11)12-4-3-7-13-14-12/h3-4,7,10-11H,5-6,8-9H2,1-2H3. The van der Waals surface area contributed by atoms with Crippen LogP contribution in [0, 0.1) is 11.8 Å². The molecule has 82 valence electrons. The molecule has 1 aliphatic heterocycles. The van der Waals surface area contributed by atoms with E-state index < -0.39 is 0 Å². The van der Waals surface area contributed by atoms with Gasteiger partial charge in [0.15, 0.2) is 5.82 Å². The summed E-state index contributed by atoms with van der Waals surface area (Å²) in [5.41, 5.74) is 0. The maximum atomic E-state index is 4.15. The topological polar surface area (TPSA) is 29.0 Å². The van der Waals surface area contributed by atoms with Crippen molar-refractivity contribution in [3.63, 3.8) is 0 Å². The van der Waals surface area contributed by atoms with Crippen LogP contribution >= 0.6 is 0 Å². The fourth-order valence-corrected chi connectivity index (χ4v) is 2.26. The smallest absolute Gasteiger partial charge is 0.151 e. The third-order valence-electron chi connectivity index (χ3n) is 3.36. The summed E-state index contributed by atoms with van der Waals surface area (Å²) in [5, 5.41) is 8.07. The summed E-state index contributed by atoms with van der Waals surface area (Å²) in [7, 11) is 0. The largest absolute Gasteiger partial charge is 0.355 e. The Hall–Kier alpha value is -1.12. The average molecular weight is 205 g/mol. The van der Waals surface area contributed by atoms with Gasteiger partial charge in [0, 0.05) is 19.3 Å². The van der Waals surface area contributed by atoms with Crippen molar-refractivity contribution >= 4 is 5.82 Å². The highest BCUT2D eigenvalue weighted by Crippen LogP contribution is 2.26. The molecule has 1 fully saturated rings. The number of piperidine rings is 1. The lowest BCUT2D eigenvalue weighted by Gasteiger charge is -2.34. The maximum Gasteiger partial charge on any atom is 0.151 e. The van der Waals surface area contributed by atoms with Crippen molar-refractivity contribution in [1.29, 1.82) is 0 Å². The highest BCUT2D eigenvalue weighted by molar-refractivity contribution is 5.36. The minimum atomic E-state index is 0.814. The molecule has 3 heteroatoms.